The summed E-state index contributed by atoms with van der Waals surface area (Å²) in [7, 11) is 0. The van der Waals surface area contributed by atoms with Crippen LogP contribution in [0.15, 0.2) is 0 Å². The molecule has 1 N–H and O–H groups in total. The van der Waals surface area contributed by atoms with Crippen LogP contribution in [-0.4, -0.2) is 35.2 Å². The maximum Gasteiger partial charge on any atom is 0.287 e. The first kappa shape index (κ1) is 11.9. The van der Waals surface area contributed by atoms with Gasteiger partial charge in [-0.15, -0.1) is 0 Å². The summed E-state index contributed by atoms with van der Waals surface area (Å²) < 4.78 is 0. The molecule has 0 radical (unpaired) electrons. The van der Waals surface area contributed by atoms with Gasteiger partial charge in [0.1, 0.15) is 0 Å². The highest BCUT2D eigenvalue weighted by atomic mass is 15.2. The van der Waals surface area contributed by atoms with Crippen LogP contribution in [0.3, 0.4) is 0 Å². The molecule has 0 amide bonds. The van der Waals surface area contributed by atoms with Crippen LogP contribution in [0.2, 0.25) is 0 Å². The average Bonchev–Trinajstić information content (AvgIpc) is 2.98. The zero-order chi connectivity index (χ0) is 11.8. The molecule has 90 valence electrons. The van der Waals surface area contributed by atoms with Crippen molar-refractivity contribution in [1.82, 2.24) is 10.2 Å². The lowest BCUT2D eigenvalue weighted by Gasteiger charge is -2.41. The van der Waals surface area contributed by atoms with Crippen molar-refractivity contribution in [2.75, 3.05) is 13.1 Å². The molecule has 0 aromatic heterocycles. The molecule has 2 rings (SSSR count). The second kappa shape index (κ2) is 4.01. The van der Waals surface area contributed by atoms with Crippen molar-refractivity contribution >= 4 is 0 Å². The lowest BCUT2D eigenvalue weighted by molar-refractivity contribution is 0.0942. The fourth-order valence-electron chi connectivity index (χ4n) is 2.48. The molecule has 0 spiro atoms. The van der Waals surface area contributed by atoms with Crippen molar-refractivity contribution in [3.05, 3.63) is 11.4 Å². The smallest absolute Gasteiger partial charge is 0.287 e. The number of piperidine rings is 1. The maximum atomic E-state index is 7.18. The predicted octanol–water partition coefficient (Wildman–Crippen LogP) is 2.25. The highest BCUT2D eigenvalue weighted by Gasteiger charge is 2.52. The SMILES string of the molecule is [C-]#[N+]C1(NC2CCN(C(C)(C)C)CC2)CC1. The third-order valence-electron chi connectivity index (χ3n) is 3.85. The van der Waals surface area contributed by atoms with Crippen molar-refractivity contribution in [2.45, 2.75) is 63.7 Å². The van der Waals surface area contributed by atoms with E-state index in [-0.39, 0.29) is 5.66 Å². The predicted molar refractivity (Wildman–Crippen MR) is 66.1 cm³/mol. The number of nitrogens with one attached hydrogen (secondary N) is 1. The molecule has 1 aliphatic carbocycles. The van der Waals surface area contributed by atoms with Crippen LogP contribution in [0.1, 0.15) is 46.5 Å². The molecule has 1 heterocycles. The second-order valence-corrected chi connectivity index (χ2v) is 6.22. The number of hydrogen-bond donors (Lipinski definition) is 1. The lowest BCUT2D eigenvalue weighted by atomic mass is 9.98. The first-order chi connectivity index (χ1) is 7.45. The van der Waals surface area contributed by atoms with Crippen LogP contribution in [0.25, 0.3) is 4.85 Å². The molecule has 1 saturated heterocycles. The molecule has 3 nitrogen and oxygen atoms in total. The first-order valence-corrected chi connectivity index (χ1v) is 6.37. The Balaban J connectivity index is 1.80. The van der Waals surface area contributed by atoms with E-state index in [0.717, 1.165) is 25.9 Å². The summed E-state index contributed by atoms with van der Waals surface area (Å²) in [6.07, 6.45) is 4.48. The van der Waals surface area contributed by atoms with Gasteiger partial charge in [0, 0.05) is 37.5 Å². The van der Waals surface area contributed by atoms with E-state index < -0.39 is 0 Å². The monoisotopic (exact) mass is 221 g/mol. The van der Waals surface area contributed by atoms with Gasteiger partial charge in [0.15, 0.2) is 0 Å². The molecule has 0 aromatic rings. The summed E-state index contributed by atoms with van der Waals surface area (Å²) >= 11 is 0. The Morgan fingerprint density at radius 2 is 1.81 bits per heavy atom. The van der Waals surface area contributed by atoms with E-state index in [4.69, 9.17) is 6.57 Å². The molecule has 1 aliphatic heterocycles. The Morgan fingerprint density at radius 3 is 2.19 bits per heavy atom. The van der Waals surface area contributed by atoms with E-state index in [0.29, 0.717) is 11.6 Å². The van der Waals surface area contributed by atoms with Gasteiger partial charge in [-0.2, -0.15) is 0 Å². The minimum absolute atomic E-state index is 0.158. The third-order valence-corrected chi connectivity index (χ3v) is 3.85. The van der Waals surface area contributed by atoms with Crippen LogP contribution < -0.4 is 5.32 Å². The van der Waals surface area contributed by atoms with Crippen molar-refractivity contribution in [1.29, 1.82) is 0 Å². The second-order valence-electron chi connectivity index (χ2n) is 6.22. The first-order valence-electron chi connectivity index (χ1n) is 6.37. The molecule has 16 heavy (non-hydrogen) atoms. The molecule has 0 atom stereocenters. The van der Waals surface area contributed by atoms with E-state index in [1.807, 2.05) is 0 Å². The van der Waals surface area contributed by atoms with Gasteiger partial charge in [-0.3, -0.25) is 9.74 Å². The fourth-order valence-corrected chi connectivity index (χ4v) is 2.48. The minimum Gasteiger partial charge on any atom is -0.298 e. The third kappa shape index (κ3) is 2.56. The average molecular weight is 221 g/mol. The molecule has 0 aromatic carbocycles. The number of likely N-dealkylation sites (tertiary alicyclic amines) is 1. The van der Waals surface area contributed by atoms with Gasteiger partial charge in [-0.05, 0) is 33.6 Å². The van der Waals surface area contributed by atoms with Crippen LogP contribution in [0.5, 0.6) is 0 Å². The number of hydrogen-bond acceptors (Lipinski definition) is 2. The van der Waals surface area contributed by atoms with Gasteiger partial charge in [-0.25, -0.2) is 11.9 Å². The summed E-state index contributed by atoms with van der Waals surface area (Å²) in [4.78, 5) is 6.26. The Kier molecular flexibility index (Phi) is 2.98. The standard InChI is InChI=1S/C13H23N3/c1-12(2,3)16-9-5-11(6-10-16)15-13(14-4)7-8-13/h11,15H,5-10H2,1-3H3. The van der Waals surface area contributed by atoms with Gasteiger partial charge in [0.05, 0.1) is 0 Å². The Morgan fingerprint density at radius 1 is 1.25 bits per heavy atom. The van der Waals surface area contributed by atoms with Crippen molar-refractivity contribution in [3.63, 3.8) is 0 Å². The van der Waals surface area contributed by atoms with Gasteiger partial charge < -0.3 is 0 Å². The van der Waals surface area contributed by atoms with Crippen LogP contribution in [0, 0.1) is 6.57 Å². The minimum atomic E-state index is -0.158. The topological polar surface area (TPSA) is 19.6 Å². The van der Waals surface area contributed by atoms with Gasteiger partial charge in [0.2, 0.25) is 0 Å². The van der Waals surface area contributed by atoms with E-state index in [1.165, 1.54) is 12.8 Å². The fraction of sp³-hybridized carbons (Fsp3) is 0.923. The zero-order valence-electron chi connectivity index (χ0n) is 10.7. The van der Waals surface area contributed by atoms with Crippen LogP contribution in [-0.2, 0) is 0 Å². The Bertz CT molecular complexity index is 285. The quantitative estimate of drug-likeness (QED) is 0.721. The molecular weight excluding hydrogens is 198 g/mol. The van der Waals surface area contributed by atoms with E-state index in [2.05, 4.69) is 35.8 Å². The summed E-state index contributed by atoms with van der Waals surface area (Å²) in [6.45, 7) is 16.3. The molecular formula is C13H23N3. The molecule has 2 aliphatic rings. The summed E-state index contributed by atoms with van der Waals surface area (Å²) in [5.41, 5.74) is 0.136. The van der Waals surface area contributed by atoms with E-state index in [9.17, 15) is 0 Å². The lowest BCUT2D eigenvalue weighted by Crippen LogP contribution is -2.51. The number of nitrogens with zero attached hydrogens (tertiary/aromatic N) is 2. The highest BCUT2D eigenvalue weighted by molar-refractivity contribution is 5.10. The molecule has 3 heteroatoms. The van der Waals surface area contributed by atoms with Gasteiger partial charge in [-0.1, -0.05) is 0 Å². The summed E-state index contributed by atoms with van der Waals surface area (Å²) in [6, 6.07) is 0.565. The largest absolute Gasteiger partial charge is 0.298 e. The van der Waals surface area contributed by atoms with E-state index >= 15 is 0 Å². The van der Waals surface area contributed by atoms with Crippen molar-refractivity contribution in [3.8, 4) is 0 Å². The summed E-state index contributed by atoms with van der Waals surface area (Å²) in [5.74, 6) is 0. The normalized spacial score (nSPS) is 26.4. The Hall–Kier alpha value is -0.590. The van der Waals surface area contributed by atoms with Crippen LogP contribution in [0.4, 0.5) is 0 Å². The Labute approximate surface area is 99.0 Å². The van der Waals surface area contributed by atoms with Crippen molar-refractivity contribution in [2.24, 2.45) is 0 Å². The zero-order valence-corrected chi connectivity index (χ0v) is 10.7. The molecule has 0 unspecified atom stereocenters. The van der Waals surface area contributed by atoms with Crippen molar-refractivity contribution < 1.29 is 0 Å². The van der Waals surface area contributed by atoms with Gasteiger partial charge in [0.25, 0.3) is 5.66 Å². The summed E-state index contributed by atoms with van der Waals surface area (Å²) in [5, 5.41) is 3.55. The number of rotatable bonds is 2. The van der Waals surface area contributed by atoms with Crippen LogP contribution >= 0.6 is 0 Å². The highest BCUT2D eigenvalue weighted by Crippen LogP contribution is 2.38. The molecule has 1 saturated carbocycles. The van der Waals surface area contributed by atoms with Gasteiger partial charge >= 0.3 is 0 Å². The molecule has 0 bridgehead atoms. The van der Waals surface area contributed by atoms with E-state index in [1.54, 1.807) is 0 Å². The maximum absolute atomic E-state index is 7.18. The molecule has 2 fully saturated rings.